The fourth-order valence-electron chi connectivity index (χ4n) is 4.59. The minimum atomic E-state index is -2.22. The average molecular weight is 766 g/mol. The molecule has 1 heterocycles. The molecule has 0 saturated carbocycles. The number of hydrogen-bond donors (Lipinski definition) is 16. The van der Waals surface area contributed by atoms with Gasteiger partial charge in [0.1, 0.15) is 73.8 Å². The first-order valence-electron chi connectivity index (χ1n) is 16.4. The van der Waals surface area contributed by atoms with Crippen LogP contribution in [0.4, 0.5) is 0 Å². The van der Waals surface area contributed by atoms with E-state index in [1.165, 1.54) is 20.8 Å². The highest BCUT2D eigenvalue weighted by Gasteiger charge is 2.51. The quantitative estimate of drug-likeness (QED) is 0.0359. The molecule has 1 saturated heterocycles. The Morgan fingerprint density at radius 1 is 0.538 bits per heavy atom. The summed E-state index contributed by atoms with van der Waals surface area (Å²) in [7, 11) is 0. The third kappa shape index (κ3) is 12.9. The first-order valence-corrected chi connectivity index (χ1v) is 16.4. The zero-order valence-corrected chi connectivity index (χ0v) is 28.8. The van der Waals surface area contributed by atoms with Gasteiger partial charge in [0.05, 0.1) is 19.8 Å². The van der Waals surface area contributed by atoms with E-state index in [1.54, 1.807) is 0 Å². The molecule has 0 aromatic heterocycles. The van der Waals surface area contributed by atoms with Crippen LogP contribution in [-0.2, 0) is 18.9 Å². The van der Waals surface area contributed by atoms with Gasteiger partial charge in [0.2, 0.25) is 24.0 Å². The molecule has 0 aliphatic carbocycles. The summed E-state index contributed by atoms with van der Waals surface area (Å²) in [6.07, 6.45) is -32.2. The predicted molar refractivity (Wildman–Crippen MR) is 174 cm³/mol. The molecule has 0 spiro atoms. The van der Waals surface area contributed by atoms with Crippen LogP contribution in [0.1, 0.15) is 20.8 Å². The monoisotopic (exact) mass is 765 g/mol. The van der Waals surface area contributed by atoms with Crippen molar-refractivity contribution in [3.63, 3.8) is 0 Å². The lowest BCUT2D eigenvalue weighted by Gasteiger charge is -2.30. The van der Waals surface area contributed by atoms with Crippen molar-refractivity contribution in [2.24, 2.45) is 15.0 Å². The van der Waals surface area contributed by atoms with Gasteiger partial charge in [0.15, 0.2) is 24.4 Å². The van der Waals surface area contributed by atoms with E-state index >= 15 is 0 Å². The largest absolute Gasteiger partial charge is 0.476 e. The van der Waals surface area contributed by atoms with Crippen LogP contribution >= 0.6 is 0 Å². The highest BCUT2D eigenvalue weighted by Crippen LogP contribution is 2.28. The molecule has 306 valence electrons. The fourth-order valence-corrected chi connectivity index (χ4v) is 4.59. The van der Waals surface area contributed by atoms with Gasteiger partial charge in [0, 0.05) is 19.6 Å². The molecule has 0 aromatic rings. The van der Waals surface area contributed by atoms with Gasteiger partial charge in [-0.25, -0.2) is 0 Å². The van der Waals surface area contributed by atoms with Crippen molar-refractivity contribution in [2.75, 3.05) is 46.1 Å². The summed E-state index contributed by atoms with van der Waals surface area (Å²) < 4.78 is 22.5. The average Bonchev–Trinajstić information content (AvgIpc) is 3.44. The zero-order valence-electron chi connectivity index (χ0n) is 28.8. The Morgan fingerprint density at radius 3 is 1.25 bits per heavy atom. The summed E-state index contributed by atoms with van der Waals surface area (Å²) in [6.45, 7) is 0.401. The second-order valence-corrected chi connectivity index (χ2v) is 11.5. The van der Waals surface area contributed by atoms with E-state index in [2.05, 4.69) is 15.0 Å². The first kappa shape index (κ1) is 47.8. The van der Waals surface area contributed by atoms with Crippen molar-refractivity contribution >= 4 is 17.7 Å². The molecular weight excluding hydrogens is 710 g/mol. The van der Waals surface area contributed by atoms with Crippen molar-refractivity contribution in [2.45, 2.75) is 119 Å². The molecule has 16 N–H and O–H groups in total. The molecule has 0 radical (unpaired) electrons. The van der Waals surface area contributed by atoms with Gasteiger partial charge in [-0.1, -0.05) is 0 Å². The van der Waals surface area contributed by atoms with Crippen molar-refractivity contribution in [1.29, 1.82) is 0 Å². The number of ether oxygens (including phenoxy) is 4. The Kier molecular flexibility index (Phi) is 21.6. The van der Waals surface area contributed by atoms with E-state index in [-0.39, 0.29) is 19.6 Å². The molecule has 23 heteroatoms. The molecule has 1 rings (SSSR count). The van der Waals surface area contributed by atoms with E-state index in [0.29, 0.717) is 0 Å². The number of nitrogens with zero attached hydrogens (tertiary/aromatic N) is 3. The lowest BCUT2D eigenvalue weighted by Crippen LogP contribution is -2.52. The minimum Gasteiger partial charge on any atom is -0.476 e. The van der Waals surface area contributed by atoms with Crippen LogP contribution in [0.25, 0.3) is 0 Å². The molecule has 1 fully saturated rings. The van der Waals surface area contributed by atoms with Crippen LogP contribution in [0.15, 0.2) is 15.0 Å². The molecular formula is C29H55N3O20. The third-order valence-electron chi connectivity index (χ3n) is 7.65. The normalized spacial score (nSPS) is 27.4. The van der Waals surface area contributed by atoms with Crippen molar-refractivity contribution in [3.05, 3.63) is 0 Å². The highest BCUT2D eigenvalue weighted by molar-refractivity contribution is 5.83. The Bertz CT molecular complexity index is 1100. The third-order valence-corrected chi connectivity index (χ3v) is 7.65. The second-order valence-electron chi connectivity index (χ2n) is 11.5. The second kappa shape index (κ2) is 23.5. The first-order chi connectivity index (χ1) is 24.5. The van der Waals surface area contributed by atoms with Crippen LogP contribution in [0.2, 0.25) is 0 Å². The van der Waals surface area contributed by atoms with Crippen LogP contribution in [0, 0.1) is 0 Å². The summed E-state index contributed by atoms with van der Waals surface area (Å²) in [4.78, 5) is 11.7. The van der Waals surface area contributed by atoms with E-state index in [4.69, 9.17) is 34.3 Å². The summed E-state index contributed by atoms with van der Waals surface area (Å²) >= 11 is 0. The van der Waals surface area contributed by atoms with Crippen LogP contribution in [0.3, 0.4) is 0 Å². The van der Waals surface area contributed by atoms with E-state index in [1.807, 2.05) is 0 Å². The van der Waals surface area contributed by atoms with Gasteiger partial charge in [-0.2, -0.15) is 0 Å². The molecule has 0 aromatic carbocycles. The van der Waals surface area contributed by atoms with Gasteiger partial charge in [-0.3, -0.25) is 15.0 Å². The standard InChI is InChI=1S/C29H55N3O20/c1-4-30-26(22(46)19(43)15(39)11(36)7-33)49-10-14-18(42)25(51-27(31-5-2)23(47)20(44)16(40)12(37)8-34)29(50-14)52-28(32-6-3)24(48)21(45)17(41)13(38)9-35/h11-25,29,33-48H,4-10H2,1-3H3/t11-,12-,13-,14-,15-,16-,17-,18-,19+,20+,21+,22-,23-,24-,25+,29?/m1/s1. The maximum Gasteiger partial charge on any atom is 0.242 e. The smallest absolute Gasteiger partial charge is 0.242 e. The Morgan fingerprint density at radius 2 is 0.885 bits per heavy atom. The van der Waals surface area contributed by atoms with E-state index < -0.39 is 142 Å². The molecule has 1 aliphatic rings. The van der Waals surface area contributed by atoms with Crippen molar-refractivity contribution < 1.29 is 101 Å². The molecule has 23 nitrogen and oxygen atoms in total. The predicted octanol–water partition coefficient (Wildman–Crippen LogP) is -8.95. The number of rotatable bonds is 22. The molecule has 0 amide bonds. The number of hydrogen-bond acceptors (Lipinski definition) is 23. The number of aliphatic hydroxyl groups is 16. The van der Waals surface area contributed by atoms with Gasteiger partial charge in [-0.05, 0) is 20.8 Å². The van der Waals surface area contributed by atoms with Crippen LogP contribution in [-0.4, -0.2) is 243 Å². The highest BCUT2D eigenvalue weighted by atomic mass is 16.7. The van der Waals surface area contributed by atoms with Crippen molar-refractivity contribution in [1.82, 2.24) is 0 Å². The van der Waals surface area contributed by atoms with Crippen LogP contribution in [0.5, 0.6) is 0 Å². The van der Waals surface area contributed by atoms with Crippen molar-refractivity contribution in [3.8, 4) is 0 Å². The molecule has 1 unspecified atom stereocenters. The molecule has 52 heavy (non-hydrogen) atoms. The van der Waals surface area contributed by atoms with Crippen LogP contribution < -0.4 is 0 Å². The summed E-state index contributed by atoms with van der Waals surface area (Å²) in [5.41, 5.74) is 0. The number of aliphatic hydroxyl groups excluding tert-OH is 16. The SMILES string of the molecule is CCN=C(OC[C@H]1OC(OC(=NCC)[C@H](O)[C@@H](O)[C@H](O)[C@H](O)CO)[C@@H](OC(=NCC)[C@H](O)[C@@H](O)[C@H](O)[C@H](O)CO)[C@@H]1O)[C@H](O)[C@@H](O)[C@H](O)[C@H](O)CO. The minimum absolute atomic E-state index is 0.0505. The van der Waals surface area contributed by atoms with Gasteiger partial charge in [0.25, 0.3) is 0 Å². The maximum absolute atomic E-state index is 11.3. The Balaban J connectivity index is 3.52. The maximum atomic E-state index is 11.3. The van der Waals surface area contributed by atoms with Gasteiger partial charge >= 0.3 is 0 Å². The summed E-state index contributed by atoms with van der Waals surface area (Å²) in [5.74, 6) is -2.14. The summed E-state index contributed by atoms with van der Waals surface area (Å²) in [6, 6.07) is 0. The van der Waals surface area contributed by atoms with E-state index in [0.717, 1.165) is 0 Å². The van der Waals surface area contributed by atoms with E-state index in [9.17, 15) is 66.4 Å². The molecule has 1 aliphatic heterocycles. The summed E-state index contributed by atoms with van der Waals surface area (Å²) in [5, 5.41) is 162. The Hall–Kier alpha value is -2.27. The molecule has 0 bridgehead atoms. The Labute approximate surface area is 298 Å². The van der Waals surface area contributed by atoms with Gasteiger partial charge < -0.3 is 101 Å². The lowest BCUT2D eigenvalue weighted by molar-refractivity contribution is -0.140. The molecule has 16 atom stereocenters. The van der Waals surface area contributed by atoms with Gasteiger partial charge in [-0.15, -0.1) is 0 Å². The fraction of sp³-hybridized carbons (Fsp3) is 0.897. The zero-order chi connectivity index (χ0) is 39.9. The number of aliphatic imine (C=N–C) groups is 3. The topological polar surface area (TPSA) is 398 Å². The lowest BCUT2D eigenvalue weighted by atomic mass is 10.0.